The molecule has 0 aromatic heterocycles. The Morgan fingerprint density at radius 2 is 2.13 bits per heavy atom. The van der Waals surface area contributed by atoms with Gasteiger partial charge in [0.2, 0.25) is 5.91 Å². The summed E-state index contributed by atoms with van der Waals surface area (Å²) in [7, 11) is 1.53. The Hall–Kier alpha value is -1.10. The van der Waals surface area contributed by atoms with Gasteiger partial charge in [0.25, 0.3) is 0 Å². The van der Waals surface area contributed by atoms with Crippen LogP contribution in [0.1, 0.15) is 19.3 Å². The second-order valence-corrected chi connectivity index (χ2v) is 3.77. The molecular formula is C10H17NO4. The van der Waals surface area contributed by atoms with E-state index in [1.165, 1.54) is 12.0 Å². The minimum Gasteiger partial charge on any atom is -0.480 e. The molecule has 1 saturated carbocycles. The zero-order valence-electron chi connectivity index (χ0n) is 8.94. The van der Waals surface area contributed by atoms with Crippen LogP contribution in [0.2, 0.25) is 0 Å². The maximum atomic E-state index is 11.8. The van der Waals surface area contributed by atoms with E-state index in [0.29, 0.717) is 13.2 Å². The predicted molar refractivity (Wildman–Crippen MR) is 53.4 cm³/mol. The summed E-state index contributed by atoms with van der Waals surface area (Å²) in [6.45, 7) is 0.516. The van der Waals surface area contributed by atoms with Gasteiger partial charge in [0, 0.05) is 19.6 Å². The zero-order valence-corrected chi connectivity index (χ0v) is 8.94. The molecule has 0 atom stereocenters. The third-order valence-electron chi connectivity index (χ3n) is 2.66. The largest absolute Gasteiger partial charge is 0.480 e. The molecule has 1 aliphatic rings. The number of hydrogen-bond acceptors (Lipinski definition) is 3. The van der Waals surface area contributed by atoms with Crippen LogP contribution in [0.4, 0.5) is 0 Å². The van der Waals surface area contributed by atoms with Crippen molar-refractivity contribution in [3.63, 3.8) is 0 Å². The fourth-order valence-corrected chi connectivity index (χ4v) is 1.55. The van der Waals surface area contributed by atoms with E-state index in [4.69, 9.17) is 9.84 Å². The zero-order chi connectivity index (χ0) is 11.3. The van der Waals surface area contributed by atoms with E-state index in [0.717, 1.165) is 19.3 Å². The van der Waals surface area contributed by atoms with Crippen LogP contribution in [0.25, 0.3) is 0 Å². The lowest BCUT2D eigenvalue weighted by molar-refractivity contribution is -0.148. The van der Waals surface area contributed by atoms with Crippen molar-refractivity contribution in [3.05, 3.63) is 0 Å². The SMILES string of the molecule is COCCN(CC(=O)O)C(=O)C1CCC1. The van der Waals surface area contributed by atoms with Crippen molar-refractivity contribution < 1.29 is 19.4 Å². The van der Waals surface area contributed by atoms with E-state index in [1.807, 2.05) is 0 Å². The molecule has 1 fully saturated rings. The molecule has 1 N–H and O–H groups in total. The highest BCUT2D eigenvalue weighted by molar-refractivity contribution is 5.83. The standard InChI is InChI=1S/C10H17NO4/c1-15-6-5-11(7-9(12)13)10(14)8-3-2-4-8/h8H,2-7H2,1H3,(H,12,13). The van der Waals surface area contributed by atoms with E-state index in [2.05, 4.69) is 0 Å². The minimum atomic E-state index is -0.973. The quantitative estimate of drug-likeness (QED) is 0.694. The van der Waals surface area contributed by atoms with Crippen LogP contribution in [0.15, 0.2) is 0 Å². The minimum absolute atomic E-state index is 0.0410. The Morgan fingerprint density at radius 1 is 1.47 bits per heavy atom. The lowest BCUT2D eigenvalue weighted by atomic mass is 9.84. The van der Waals surface area contributed by atoms with Crippen LogP contribution in [-0.2, 0) is 14.3 Å². The Labute approximate surface area is 89.0 Å². The molecule has 1 aliphatic carbocycles. The van der Waals surface area contributed by atoms with E-state index >= 15 is 0 Å². The van der Waals surface area contributed by atoms with Gasteiger partial charge < -0.3 is 14.7 Å². The van der Waals surface area contributed by atoms with Crippen LogP contribution in [-0.4, -0.2) is 48.7 Å². The van der Waals surface area contributed by atoms with Gasteiger partial charge in [-0.2, -0.15) is 0 Å². The second kappa shape index (κ2) is 5.70. The van der Waals surface area contributed by atoms with Gasteiger partial charge in [0.15, 0.2) is 0 Å². The summed E-state index contributed by atoms with van der Waals surface area (Å²) in [5.74, 6) is -0.972. The molecule has 0 aromatic carbocycles. The molecule has 86 valence electrons. The van der Waals surface area contributed by atoms with Crippen molar-refractivity contribution in [2.24, 2.45) is 5.92 Å². The second-order valence-electron chi connectivity index (χ2n) is 3.77. The van der Waals surface area contributed by atoms with Gasteiger partial charge in [-0.15, -0.1) is 0 Å². The van der Waals surface area contributed by atoms with Gasteiger partial charge in [-0.3, -0.25) is 9.59 Å². The summed E-state index contributed by atoms with van der Waals surface area (Å²) in [6, 6.07) is 0. The molecule has 5 nitrogen and oxygen atoms in total. The number of methoxy groups -OCH3 is 1. The first kappa shape index (κ1) is 12.0. The van der Waals surface area contributed by atoms with Crippen LogP contribution < -0.4 is 0 Å². The summed E-state index contributed by atoms with van der Waals surface area (Å²) in [5, 5.41) is 8.67. The number of aliphatic carboxylic acids is 1. The van der Waals surface area contributed by atoms with Crippen LogP contribution in [0.3, 0.4) is 0 Å². The highest BCUT2D eigenvalue weighted by Gasteiger charge is 2.30. The Bertz CT molecular complexity index is 238. The number of carbonyl (C=O) groups is 2. The molecular weight excluding hydrogens is 198 g/mol. The Morgan fingerprint density at radius 3 is 2.53 bits per heavy atom. The van der Waals surface area contributed by atoms with Crippen molar-refractivity contribution >= 4 is 11.9 Å². The molecule has 0 radical (unpaired) electrons. The van der Waals surface area contributed by atoms with E-state index in [1.54, 1.807) is 0 Å². The number of nitrogens with zero attached hydrogens (tertiary/aromatic N) is 1. The number of carboxylic acid groups (broad SMARTS) is 1. The summed E-state index contributed by atoms with van der Waals surface area (Å²) < 4.78 is 4.85. The van der Waals surface area contributed by atoms with E-state index < -0.39 is 5.97 Å². The number of carbonyl (C=O) groups excluding carboxylic acids is 1. The molecule has 0 heterocycles. The first-order valence-corrected chi connectivity index (χ1v) is 5.14. The average Bonchev–Trinajstić information content (AvgIpc) is 2.08. The van der Waals surface area contributed by atoms with Gasteiger partial charge in [-0.25, -0.2) is 0 Å². The first-order valence-electron chi connectivity index (χ1n) is 5.14. The van der Waals surface area contributed by atoms with Crippen LogP contribution in [0.5, 0.6) is 0 Å². The third-order valence-corrected chi connectivity index (χ3v) is 2.66. The van der Waals surface area contributed by atoms with Gasteiger partial charge in [-0.05, 0) is 12.8 Å². The fraction of sp³-hybridized carbons (Fsp3) is 0.800. The topological polar surface area (TPSA) is 66.8 Å². The Kier molecular flexibility index (Phi) is 4.55. The smallest absolute Gasteiger partial charge is 0.323 e. The van der Waals surface area contributed by atoms with Crippen molar-refractivity contribution in [1.82, 2.24) is 4.90 Å². The van der Waals surface area contributed by atoms with Gasteiger partial charge >= 0.3 is 5.97 Å². The molecule has 5 heteroatoms. The van der Waals surface area contributed by atoms with Crippen molar-refractivity contribution in [2.75, 3.05) is 26.8 Å². The van der Waals surface area contributed by atoms with E-state index in [-0.39, 0.29) is 18.4 Å². The maximum Gasteiger partial charge on any atom is 0.323 e. The number of carboxylic acids is 1. The summed E-state index contributed by atoms with van der Waals surface area (Å²) in [4.78, 5) is 23.7. The normalized spacial score (nSPS) is 15.8. The number of amides is 1. The molecule has 1 amide bonds. The molecule has 0 saturated heterocycles. The monoisotopic (exact) mass is 215 g/mol. The molecule has 0 unspecified atom stereocenters. The number of rotatable bonds is 6. The lowest BCUT2D eigenvalue weighted by Crippen LogP contribution is -2.43. The van der Waals surface area contributed by atoms with Gasteiger partial charge in [-0.1, -0.05) is 6.42 Å². The maximum absolute atomic E-state index is 11.8. The third kappa shape index (κ3) is 3.51. The highest BCUT2D eigenvalue weighted by atomic mass is 16.5. The number of hydrogen-bond donors (Lipinski definition) is 1. The van der Waals surface area contributed by atoms with Crippen molar-refractivity contribution in [1.29, 1.82) is 0 Å². The van der Waals surface area contributed by atoms with E-state index in [9.17, 15) is 9.59 Å². The lowest BCUT2D eigenvalue weighted by Gasteiger charge is -2.30. The van der Waals surface area contributed by atoms with Crippen molar-refractivity contribution in [2.45, 2.75) is 19.3 Å². The predicted octanol–water partition coefficient (Wildman–Crippen LogP) is 0.346. The summed E-state index contributed by atoms with van der Waals surface area (Å²) in [5.41, 5.74) is 0. The average molecular weight is 215 g/mol. The van der Waals surface area contributed by atoms with Gasteiger partial charge in [0.1, 0.15) is 6.54 Å². The van der Waals surface area contributed by atoms with Crippen LogP contribution >= 0.6 is 0 Å². The summed E-state index contributed by atoms with van der Waals surface area (Å²) >= 11 is 0. The molecule has 0 aromatic rings. The summed E-state index contributed by atoms with van der Waals surface area (Å²) in [6.07, 6.45) is 2.85. The fourth-order valence-electron chi connectivity index (χ4n) is 1.55. The van der Waals surface area contributed by atoms with Gasteiger partial charge in [0.05, 0.1) is 6.61 Å². The first-order chi connectivity index (χ1) is 7.15. The van der Waals surface area contributed by atoms with Crippen LogP contribution in [0, 0.1) is 5.92 Å². The molecule has 0 spiro atoms. The molecule has 15 heavy (non-hydrogen) atoms. The molecule has 1 rings (SSSR count). The highest BCUT2D eigenvalue weighted by Crippen LogP contribution is 2.28. The number of ether oxygens (including phenoxy) is 1. The Balaban J connectivity index is 2.45. The molecule has 0 aliphatic heterocycles. The molecule has 0 bridgehead atoms. The van der Waals surface area contributed by atoms with Crippen molar-refractivity contribution in [3.8, 4) is 0 Å².